The number of para-hydroxylation sites is 1. The van der Waals surface area contributed by atoms with Crippen LogP contribution in [-0.4, -0.2) is 18.3 Å². The predicted molar refractivity (Wildman–Crippen MR) is 78.1 cm³/mol. The Balaban J connectivity index is 2.51. The Morgan fingerprint density at radius 3 is 2.16 bits per heavy atom. The number of benzene rings is 1. The molecule has 0 aliphatic carbocycles. The molecule has 108 valence electrons. The summed E-state index contributed by atoms with van der Waals surface area (Å²) in [7, 11) is 0. The molecule has 0 spiro atoms. The van der Waals surface area contributed by atoms with Crippen LogP contribution in [0.2, 0.25) is 0 Å². The molecular weight excluding hydrogens is 240 g/mol. The Labute approximate surface area is 116 Å². The lowest BCUT2D eigenvalue weighted by molar-refractivity contribution is 0.250. The van der Waals surface area contributed by atoms with Gasteiger partial charge in [0.2, 0.25) is 5.75 Å². The van der Waals surface area contributed by atoms with E-state index in [0.717, 1.165) is 32.1 Å². The second-order valence-corrected chi connectivity index (χ2v) is 4.72. The second kappa shape index (κ2) is 9.54. The SMILES string of the molecule is CCCCCOc1cccc(O)c1OCCCCC. The highest BCUT2D eigenvalue weighted by Gasteiger charge is 2.10. The maximum atomic E-state index is 9.85. The number of phenolic OH excluding ortho intramolecular Hbond substituents is 1. The largest absolute Gasteiger partial charge is 0.504 e. The number of phenols is 1. The Hall–Kier alpha value is -1.38. The van der Waals surface area contributed by atoms with Crippen LogP contribution in [0.5, 0.6) is 17.2 Å². The first-order valence-electron chi connectivity index (χ1n) is 7.37. The van der Waals surface area contributed by atoms with Gasteiger partial charge in [-0.3, -0.25) is 0 Å². The van der Waals surface area contributed by atoms with E-state index < -0.39 is 0 Å². The Kier molecular flexibility index (Phi) is 7.87. The molecule has 0 amide bonds. The van der Waals surface area contributed by atoms with Crippen LogP contribution in [-0.2, 0) is 0 Å². The summed E-state index contributed by atoms with van der Waals surface area (Å²) >= 11 is 0. The van der Waals surface area contributed by atoms with Crippen LogP contribution in [0.1, 0.15) is 52.4 Å². The molecule has 0 heterocycles. The Morgan fingerprint density at radius 2 is 1.53 bits per heavy atom. The quantitative estimate of drug-likeness (QED) is 0.632. The highest BCUT2D eigenvalue weighted by molar-refractivity contribution is 5.50. The van der Waals surface area contributed by atoms with Crippen LogP contribution in [0.3, 0.4) is 0 Å². The molecule has 1 N–H and O–H groups in total. The van der Waals surface area contributed by atoms with E-state index in [1.54, 1.807) is 12.1 Å². The first kappa shape index (κ1) is 15.7. The fraction of sp³-hybridized carbons (Fsp3) is 0.625. The molecule has 0 aliphatic heterocycles. The van der Waals surface area contributed by atoms with Gasteiger partial charge in [-0.1, -0.05) is 45.6 Å². The molecule has 1 aromatic carbocycles. The van der Waals surface area contributed by atoms with Crippen molar-refractivity contribution in [1.29, 1.82) is 0 Å². The van der Waals surface area contributed by atoms with E-state index in [2.05, 4.69) is 13.8 Å². The van der Waals surface area contributed by atoms with Gasteiger partial charge in [-0.2, -0.15) is 0 Å². The molecule has 0 fully saturated rings. The maximum absolute atomic E-state index is 9.85. The van der Waals surface area contributed by atoms with E-state index in [1.165, 1.54) is 6.42 Å². The average Bonchev–Trinajstić information content (AvgIpc) is 2.42. The lowest BCUT2D eigenvalue weighted by Gasteiger charge is -2.13. The molecule has 3 heteroatoms. The van der Waals surface area contributed by atoms with Crippen molar-refractivity contribution >= 4 is 0 Å². The van der Waals surface area contributed by atoms with Crippen LogP contribution in [0.25, 0.3) is 0 Å². The van der Waals surface area contributed by atoms with Crippen molar-refractivity contribution in [2.45, 2.75) is 52.4 Å². The van der Waals surface area contributed by atoms with Crippen LogP contribution in [0.15, 0.2) is 18.2 Å². The average molecular weight is 266 g/mol. The standard InChI is InChI=1S/C16H26O3/c1-3-5-7-12-18-15-11-9-10-14(17)16(15)19-13-8-6-4-2/h9-11,17H,3-8,12-13H2,1-2H3. The van der Waals surface area contributed by atoms with E-state index in [9.17, 15) is 5.11 Å². The number of rotatable bonds is 10. The van der Waals surface area contributed by atoms with Crippen LogP contribution < -0.4 is 9.47 Å². The molecule has 1 aromatic rings. The Morgan fingerprint density at radius 1 is 0.895 bits per heavy atom. The molecule has 0 atom stereocenters. The lowest BCUT2D eigenvalue weighted by Crippen LogP contribution is -2.02. The summed E-state index contributed by atoms with van der Waals surface area (Å²) in [6.45, 7) is 5.61. The van der Waals surface area contributed by atoms with E-state index in [4.69, 9.17) is 9.47 Å². The van der Waals surface area contributed by atoms with Crippen molar-refractivity contribution in [2.24, 2.45) is 0 Å². The van der Waals surface area contributed by atoms with Crippen LogP contribution in [0, 0.1) is 0 Å². The van der Waals surface area contributed by atoms with Gasteiger partial charge >= 0.3 is 0 Å². The molecule has 0 aliphatic rings. The lowest BCUT2D eigenvalue weighted by atomic mass is 10.2. The minimum atomic E-state index is 0.157. The number of unbranched alkanes of at least 4 members (excludes halogenated alkanes) is 4. The van der Waals surface area contributed by atoms with Crippen molar-refractivity contribution in [3.8, 4) is 17.2 Å². The summed E-state index contributed by atoms with van der Waals surface area (Å²) in [5.41, 5.74) is 0. The van der Waals surface area contributed by atoms with Gasteiger partial charge in [0.05, 0.1) is 13.2 Å². The fourth-order valence-corrected chi connectivity index (χ4v) is 1.82. The molecule has 0 radical (unpaired) electrons. The van der Waals surface area contributed by atoms with Crippen LogP contribution in [0.4, 0.5) is 0 Å². The molecule has 0 aromatic heterocycles. The zero-order valence-corrected chi connectivity index (χ0v) is 12.2. The van der Waals surface area contributed by atoms with Gasteiger partial charge in [0.15, 0.2) is 11.5 Å². The van der Waals surface area contributed by atoms with Gasteiger partial charge in [-0.25, -0.2) is 0 Å². The zero-order valence-electron chi connectivity index (χ0n) is 12.2. The summed E-state index contributed by atoms with van der Waals surface area (Å²) in [5, 5.41) is 9.85. The van der Waals surface area contributed by atoms with E-state index in [-0.39, 0.29) is 5.75 Å². The third-order valence-electron chi connectivity index (χ3n) is 2.96. The number of aromatic hydroxyl groups is 1. The summed E-state index contributed by atoms with van der Waals surface area (Å²) in [4.78, 5) is 0. The predicted octanol–water partition coefficient (Wildman–Crippen LogP) is 4.53. The third-order valence-corrected chi connectivity index (χ3v) is 2.96. The van der Waals surface area contributed by atoms with Crippen molar-refractivity contribution in [3.05, 3.63) is 18.2 Å². The topological polar surface area (TPSA) is 38.7 Å². The summed E-state index contributed by atoms with van der Waals surface area (Å²) < 4.78 is 11.3. The summed E-state index contributed by atoms with van der Waals surface area (Å²) in [6.07, 6.45) is 6.65. The Bertz CT molecular complexity index is 350. The van der Waals surface area contributed by atoms with Crippen molar-refractivity contribution < 1.29 is 14.6 Å². The number of hydrogen-bond donors (Lipinski definition) is 1. The highest BCUT2D eigenvalue weighted by atomic mass is 16.5. The zero-order chi connectivity index (χ0) is 13.9. The van der Waals surface area contributed by atoms with Crippen LogP contribution >= 0.6 is 0 Å². The van der Waals surface area contributed by atoms with Gasteiger partial charge in [0, 0.05) is 0 Å². The monoisotopic (exact) mass is 266 g/mol. The van der Waals surface area contributed by atoms with Crippen molar-refractivity contribution in [3.63, 3.8) is 0 Å². The number of hydrogen-bond acceptors (Lipinski definition) is 3. The molecule has 0 unspecified atom stereocenters. The molecule has 19 heavy (non-hydrogen) atoms. The minimum absolute atomic E-state index is 0.157. The highest BCUT2D eigenvalue weighted by Crippen LogP contribution is 2.36. The molecule has 3 nitrogen and oxygen atoms in total. The van der Waals surface area contributed by atoms with Gasteiger partial charge in [-0.05, 0) is 25.0 Å². The fourth-order valence-electron chi connectivity index (χ4n) is 1.82. The molecule has 0 bridgehead atoms. The van der Waals surface area contributed by atoms with Gasteiger partial charge in [-0.15, -0.1) is 0 Å². The smallest absolute Gasteiger partial charge is 0.203 e. The molecule has 0 saturated heterocycles. The maximum Gasteiger partial charge on any atom is 0.203 e. The van der Waals surface area contributed by atoms with E-state index >= 15 is 0 Å². The summed E-state index contributed by atoms with van der Waals surface area (Å²) in [6, 6.07) is 5.26. The van der Waals surface area contributed by atoms with E-state index in [0.29, 0.717) is 24.7 Å². The normalized spacial score (nSPS) is 10.4. The molecule has 0 saturated carbocycles. The first-order valence-corrected chi connectivity index (χ1v) is 7.37. The third kappa shape index (κ3) is 5.86. The first-order chi connectivity index (χ1) is 9.29. The molecular formula is C16H26O3. The molecule has 1 rings (SSSR count). The second-order valence-electron chi connectivity index (χ2n) is 4.72. The minimum Gasteiger partial charge on any atom is -0.504 e. The van der Waals surface area contributed by atoms with Crippen molar-refractivity contribution in [2.75, 3.05) is 13.2 Å². The van der Waals surface area contributed by atoms with Gasteiger partial charge in [0.25, 0.3) is 0 Å². The van der Waals surface area contributed by atoms with Crippen molar-refractivity contribution in [1.82, 2.24) is 0 Å². The van der Waals surface area contributed by atoms with Gasteiger partial charge in [0.1, 0.15) is 0 Å². The van der Waals surface area contributed by atoms with E-state index in [1.807, 2.05) is 6.07 Å². The van der Waals surface area contributed by atoms with Gasteiger partial charge < -0.3 is 14.6 Å². The number of ether oxygens (including phenoxy) is 2. The summed E-state index contributed by atoms with van der Waals surface area (Å²) in [5.74, 6) is 1.28.